The van der Waals surface area contributed by atoms with Crippen molar-refractivity contribution >= 4 is 34.5 Å². The second kappa shape index (κ2) is 7.40. The maximum atomic E-state index is 6.23. The lowest BCUT2D eigenvalue weighted by Crippen LogP contribution is -2.34. The third-order valence-corrected chi connectivity index (χ3v) is 9.30. The van der Waals surface area contributed by atoms with E-state index in [0.29, 0.717) is 0 Å². The zero-order valence-electron chi connectivity index (χ0n) is 14.7. The number of rotatable bonds is 4. The van der Waals surface area contributed by atoms with Gasteiger partial charge in [0.2, 0.25) is 0 Å². The Morgan fingerprint density at radius 3 is 1.92 bits per heavy atom. The van der Waals surface area contributed by atoms with Crippen LogP contribution < -0.4 is 5.50 Å². The lowest BCUT2D eigenvalue weighted by molar-refractivity contribution is 0.458. The normalized spacial score (nSPS) is 19.6. The Labute approximate surface area is 158 Å². The molecule has 4 rings (SSSR count). The molecule has 2 aromatic rings. The van der Waals surface area contributed by atoms with Crippen LogP contribution in [-0.2, 0) is 0 Å². The van der Waals surface area contributed by atoms with Gasteiger partial charge in [-0.05, 0) is 69.0 Å². The first kappa shape index (κ1) is 17.5. The van der Waals surface area contributed by atoms with Gasteiger partial charge in [0.15, 0.2) is 12.9 Å². The number of furan rings is 1. The van der Waals surface area contributed by atoms with Gasteiger partial charge in [-0.3, -0.25) is 9.34 Å². The van der Waals surface area contributed by atoms with Crippen molar-refractivity contribution in [3.05, 3.63) is 46.6 Å². The Morgan fingerprint density at radius 1 is 0.880 bits per heavy atom. The minimum atomic E-state index is -2.05. The fraction of sp³-hybridized carbons (Fsp3) is 0.474. The number of hydrogen-bond acceptors (Lipinski definition) is 2. The van der Waals surface area contributed by atoms with Crippen molar-refractivity contribution in [2.24, 2.45) is 4.74 Å². The summed E-state index contributed by atoms with van der Waals surface area (Å²) < 4.78 is 18.0. The maximum absolute atomic E-state index is 6.23. The highest BCUT2D eigenvalue weighted by molar-refractivity contribution is 9.10. The molecule has 134 valence electrons. The SMILES string of the molecule is Cc1ccc(P(=Nc2ccc(Br)cc2)(N2CCCC2)N2CCCC2)o1. The summed E-state index contributed by atoms with van der Waals surface area (Å²) in [6.07, 6.45) is 5.02. The van der Waals surface area contributed by atoms with E-state index in [1.165, 1.54) is 25.7 Å². The van der Waals surface area contributed by atoms with Crippen LogP contribution in [0.3, 0.4) is 0 Å². The molecule has 0 saturated carbocycles. The summed E-state index contributed by atoms with van der Waals surface area (Å²) in [6.45, 7) is 6.49. The molecule has 2 aliphatic rings. The summed E-state index contributed by atoms with van der Waals surface area (Å²) in [7, 11) is -2.05. The molecule has 2 aliphatic heterocycles. The third-order valence-electron chi connectivity index (χ3n) is 5.06. The molecule has 0 spiro atoms. The molecule has 1 aromatic carbocycles. The van der Waals surface area contributed by atoms with Crippen LogP contribution in [0.15, 0.2) is 50.0 Å². The summed E-state index contributed by atoms with van der Waals surface area (Å²) in [5, 5.41) is 0. The Hall–Kier alpha value is -0.870. The molecule has 1 aromatic heterocycles. The summed E-state index contributed by atoms with van der Waals surface area (Å²) >= 11 is 3.53. The van der Waals surface area contributed by atoms with Crippen LogP contribution in [0.5, 0.6) is 0 Å². The topological polar surface area (TPSA) is 32.0 Å². The minimum Gasteiger partial charge on any atom is -0.457 e. The molecule has 2 saturated heterocycles. The monoisotopic (exact) mass is 421 g/mol. The summed E-state index contributed by atoms with van der Waals surface area (Å²) in [6, 6.07) is 12.6. The average molecular weight is 422 g/mol. The number of nitrogens with zero attached hydrogens (tertiary/aromatic N) is 3. The van der Waals surface area contributed by atoms with Crippen molar-refractivity contribution in [1.82, 2.24) is 9.34 Å². The van der Waals surface area contributed by atoms with Crippen LogP contribution in [0.25, 0.3) is 0 Å². The molecular weight excluding hydrogens is 397 g/mol. The molecule has 3 heterocycles. The predicted octanol–water partition coefficient (Wildman–Crippen LogP) is 5.53. The van der Waals surface area contributed by atoms with Crippen molar-refractivity contribution in [3.63, 3.8) is 0 Å². The van der Waals surface area contributed by atoms with E-state index in [9.17, 15) is 0 Å². The molecule has 0 radical (unpaired) electrons. The standard InChI is InChI=1S/C19H25BrN3OP/c1-16-6-11-19(24-16)25(22-12-2-3-13-22,23-14-4-5-15-23)21-18-9-7-17(20)8-10-18/h6-11H,2-5,12-15H2,1H3. The van der Waals surface area contributed by atoms with Gasteiger partial charge in [0.1, 0.15) is 5.76 Å². The molecule has 4 nitrogen and oxygen atoms in total. The van der Waals surface area contributed by atoms with Gasteiger partial charge >= 0.3 is 0 Å². The molecule has 0 bridgehead atoms. The Balaban J connectivity index is 1.92. The van der Waals surface area contributed by atoms with Gasteiger partial charge in [0.25, 0.3) is 0 Å². The quantitative estimate of drug-likeness (QED) is 0.608. The van der Waals surface area contributed by atoms with Crippen LogP contribution in [0.4, 0.5) is 5.69 Å². The van der Waals surface area contributed by atoms with Gasteiger partial charge < -0.3 is 4.42 Å². The van der Waals surface area contributed by atoms with Crippen LogP contribution in [0.2, 0.25) is 0 Å². The zero-order chi connectivity index (χ0) is 17.3. The zero-order valence-corrected chi connectivity index (χ0v) is 17.2. The van der Waals surface area contributed by atoms with Crippen LogP contribution in [-0.4, -0.2) is 35.5 Å². The van der Waals surface area contributed by atoms with Crippen molar-refractivity contribution in [3.8, 4) is 0 Å². The Morgan fingerprint density at radius 2 is 1.44 bits per heavy atom. The molecule has 0 aliphatic carbocycles. The van der Waals surface area contributed by atoms with Crippen LogP contribution >= 0.6 is 23.3 Å². The predicted molar refractivity (Wildman–Crippen MR) is 108 cm³/mol. The van der Waals surface area contributed by atoms with Gasteiger partial charge in [0, 0.05) is 30.7 Å². The largest absolute Gasteiger partial charge is 0.457 e. The fourth-order valence-corrected chi connectivity index (χ4v) is 8.05. The van der Waals surface area contributed by atoms with E-state index in [1.807, 2.05) is 6.92 Å². The first-order chi connectivity index (χ1) is 12.2. The smallest absolute Gasteiger partial charge is 0.172 e. The highest BCUT2D eigenvalue weighted by Gasteiger charge is 2.41. The molecular formula is C19H25BrN3OP. The van der Waals surface area contributed by atoms with E-state index < -0.39 is 7.36 Å². The first-order valence-electron chi connectivity index (χ1n) is 9.14. The average Bonchev–Trinajstić information content (AvgIpc) is 3.37. The van der Waals surface area contributed by atoms with Crippen LogP contribution in [0.1, 0.15) is 31.4 Å². The molecule has 0 N–H and O–H groups in total. The van der Waals surface area contributed by atoms with E-state index >= 15 is 0 Å². The van der Waals surface area contributed by atoms with Crippen molar-refractivity contribution in [2.75, 3.05) is 26.2 Å². The van der Waals surface area contributed by atoms with Gasteiger partial charge in [0.05, 0.1) is 5.69 Å². The first-order valence-corrected chi connectivity index (χ1v) is 11.6. The number of halogens is 1. The van der Waals surface area contributed by atoms with Crippen LogP contribution in [0, 0.1) is 6.92 Å². The van der Waals surface area contributed by atoms with E-state index in [0.717, 1.165) is 47.6 Å². The molecule has 6 heteroatoms. The maximum Gasteiger partial charge on any atom is 0.172 e. The lowest BCUT2D eigenvalue weighted by atomic mass is 10.3. The highest BCUT2D eigenvalue weighted by atomic mass is 79.9. The summed E-state index contributed by atoms with van der Waals surface area (Å²) in [4.78, 5) is 0. The summed E-state index contributed by atoms with van der Waals surface area (Å²) in [5.74, 6) is 0.976. The van der Waals surface area contributed by atoms with Gasteiger partial charge in [-0.25, -0.2) is 4.74 Å². The van der Waals surface area contributed by atoms with E-state index in [1.54, 1.807) is 0 Å². The second-order valence-corrected chi connectivity index (χ2v) is 10.7. The second-order valence-electron chi connectivity index (χ2n) is 6.85. The van der Waals surface area contributed by atoms with Crippen molar-refractivity contribution < 1.29 is 4.42 Å². The Kier molecular flexibility index (Phi) is 5.19. The van der Waals surface area contributed by atoms with Crippen molar-refractivity contribution in [2.45, 2.75) is 32.6 Å². The van der Waals surface area contributed by atoms with Gasteiger partial charge in [-0.15, -0.1) is 0 Å². The molecule has 0 amide bonds. The molecule has 0 atom stereocenters. The third kappa shape index (κ3) is 3.40. The van der Waals surface area contributed by atoms with Gasteiger partial charge in [-0.2, -0.15) is 0 Å². The van der Waals surface area contributed by atoms with E-state index in [-0.39, 0.29) is 0 Å². The number of hydrogen-bond donors (Lipinski definition) is 0. The summed E-state index contributed by atoms with van der Waals surface area (Å²) in [5.41, 5.74) is 2.11. The minimum absolute atomic E-state index is 0.976. The molecule has 0 unspecified atom stereocenters. The van der Waals surface area contributed by atoms with Gasteiger partial charge in [-0.1, -0.05) is 15.9 Å². The van der Waals surface area contributed by atoms with E-state index in [4.69, 9.17) is 9.16 Å². The van der Waals surface area contributed by atoms with Crippen molar-refractivity contribution in [1.29, 1.82) is 0 Å². The molecule has 2 fully saturated rings. The number of aryl methyl sites for hydroxylation is 1. The number of benzene rings is 1. The fourth-order valence-electron chi connectivity index (χ4n) is 3.84. The van der Waals surface area contributed by atoms with E-state index in [2.05, 4.69) is 61.7 Å². The lowest BCUT2D eigenvalue weighted by Gasteiger charge is -2.38. The Bertz CT molecular complexity index is 754. The highest BCUT2D eigenvalue weighted by Crippen LogP contribution is 2.60. The molecule has 25 heavy (non-hydrogen) atoms.